The molecular weight excluding hydrogens is 484 g/mol. The van der Waals surface area contributed by atoms with E-state index in [4.69, 9.17) is 25.8 Å². The van der Waals surface area contributed by atoms with E-state index in [2.05, 4.69) is 9.97 Å². The number of hydrogen-bond acceptors (Lipinski definition) is 7. The van der Waals surface area contributed by atoms with Crippen LogP contribution in [0.2, 0.25) is 5.02 Å². The van der Waals surface area contributed by atoms with Crippen molar-refractivity contribution in [2.75, 3.05) is 52.6 Å². The van der Waals surface area contributed by atoms with Crippen molar-refractivity contribution < 1.29 is 23.8 Å². The lowest BCUT2D eigenvalue weighted by atomic mass is 9.96. The number of hydrogen-bond donors (Lipinski definition) is 0. The number of para-hydroxylation sites is 2. The maximum Gasteiger partial charge on any atom is 0.274 e. The van der Waals surface area contributed by atoms with Gasteiger partial charge in [-0.15, -0.1) is 0 Å². The van der Waals surface area contributed by atoms with Crippen molar-refractivity contribution in [1.29, 1.82) is 0 Å². The predicted octanol–water partition coefficient (Wildman–Crippen LogP) is 2.82. The number of benzene rings is 2. The van der Waals surface area contributed by atoms with Crippen LogP contribution in [-0.4, -0.2) is 89.8 Å². The molecule has 0 N–H and O–H groups in total. The molecule has 10 heteroatoms. The average Bonchev–Trinajstić information content (AvgIpc) is 2.92. The summed E-state index contributed by atoms with van der Waals surface area (Å²) in [5.41, 5.74) is 0.585. The summed E-state index contributed by atoms with van der Waals surface area (Å²) in [7, 11) is 0. The number of rotatable bonds is 6. The zero-order valence-electron chi connectivity index (χ0n) is 19.8. The second kappa shape index (κ2) is 10.8. The average molecular weight is 511 g/mol. The zero-order chi connectivity index (χ0) is 25.0. The Hall–Kier alpha value is -3.27. The van der Waals surface area contributed by atoms with E-state index in [-0.39, 0.29) is 43.7 Å². The molecule has 2 aliphatic rings. The normalized spacial score (nSPS) is 20.4. The minimum Gasteiger partial charge on any atom is -0.490 e. The first-order chi connectivity index (χ1) is 17.5. The molecule has 2 aliphatic heterocycles. The van der Waals surface area contributed by atoms with E-state index in [1.165, 1.54) is 6.20 Å². The molecule has 36 heavy (non-hydrogen) atoms. The van der Waals surface area contributed by atoms with Gasteiger partial charge in [-0.25, -0.2) is 4.98 Å². The summed E-state index contributed by atoms with van der Waals surface area (Å²) in [5, 5.41) is 0.544. The van der Waals surface area contributed by atoms with Gasteiger partial charge in [0.05, 0.1) is 50.0 Å². The standard InChI is InChI=1S/C26H27ClN4O5/c27-19-4-3-5-20(14-19)35-18-26(15-24(32)30-8-11-34-12-9-30)17-31(10-13-36-26)25(33)23-16-28-21-6-1-2-7-22(21)29-23/h1-7,14,16H,8-13,15,17-18H2/t26-/m0/s1. The van der Waals surface area contributed by atoms with Crippen molar-refractivity contribution >= 4 is 34.4 Å². The van der Waals surface area contributed by atoms with E-state index in [9.17, 15) is 9.59 Å². The number of fused-ring (bicyclic) bond motifs is 1. The van der Waals surface area contributed by atoms with Crippen LogP contribution in [0.1, 0.15) is 16.9 Å². The number of halogens is 1. The molecule has 5 rings (SSSR count). The summed E-state index contributed by atoms with van der Waals surface area (Å²) in [6.45, 7) is 2.96. The molecule has 0 bridgehead atoms. The number of amides is 2. The van der Waals surface area contributed by atoms with Crippen molar-refractivity contribution in [2.45, 2.75) is 12.0 Å². The van der Waals surface area contributed by atoms with Crippen molar-refractivity contribution in [1.82, 2.24) is 19.8 Å². The van der Waals surface area contributed by atoms with Gasteiger partial charge in [0.2, 0.25) is 5.91 Å². The van der Waals surface area contributed by atoms with Crippen LogP contribution in [0.5, 0.6) is 5.75 Å². The molecular formula is C26H27ClN4O5. The van der Waals surface area contributed by atoms with Crippen LogP contribution in [0.25, 0.3) is 11.0 Å². The highest BCUT2D eigenvalue weighted by Crippen LogP contribution is 2.27. The Morgan fingerprint density at radius 2 is 1.78 bits per heavy atom. The molecule has 2 amide bonds. The lowest BCUT2D eigenvalue weighted by Gasteiger charge is -2.43. The predicted molar refractivity (Wildman–Crippen MR) is 133 cm³/mol. The third-order valence-electron chi connectivity index (χ3n) is 6.34. The minimum absolute atomic E-state index is 0.0622. The van der Waals surface area contributed by atoms with Crippen molar-refractivity contribution in [2.24, 2.45) is 0 Å². The van der Waals surface area contributed by atoms with Crippen molar-refractivity contribution in [3.8, 4) is 5.75 Å². The number of nitrogens with zero attached hydrogens (tertiary/aromatic N) is 4. The molecule has 0 spiro atoms. The highest BCUT2D eigenvalue weighted by Gasteiger charge is 2.43. The number of carbonyl (C=O) groups excluding carboxylic acids is 2. The van der Waals surface area contributed by atoms with E-state index >= 15 is 0 Å². The summed E-state index contributed by atoms with van der Waals surface area (Å²) < 4.78 is 17.6. The first-order valence-electron chi connectivity index (χ1n) is 11.9. The molecule has 3 heterocycles. The van der Waals surface area contributed by atoms with Gasteiger partial charge in [-0.05, 0) is 30.3 Å². The molecule has 2 fully saturated rings. The molecule has 1 atom stereocenters. The van der Waals surface area contributed by atoms with Crippen LogP contribution in [0.15, 0.2) is 54.7 Å². The summed E-state index contributed by atoms with van der Waals surface area (Å²) in [6, 6.07) is 14.4. The van der Waals surface area contributed by atoms with Gasteiger partial charge in [0.15, 0.2) is 0 Å². The van der Waals surface area contributed by atoms with Crippen molar-refractivity contribution in [3.05, 3.63) is 65.4 Å². The van der Waals surface area contributed by atoms with Crippen LogP contribution in [0.4, 0.5) is 0 Å². The van der Waals surface area contributed by atoms with Gasteiger partial charge in [-0.3, -0.25) is 14.6 Å². The highest BCUT2D eigenvalue weighted by atomic mass is 35.5. The molecule has 0 aliphatic carbocycles. The third-order valence-corrected chi connectivity index (χ3v) is 6.57. The molecule has 188 valence electrons. The fourth-order valence-electron chi connectivity index (χ4n) is 4.46. The van der Waals surface area contributed by atoms with Gasteiger partial charge in [0, 0.05) is 24.7 Å². The topological polar surface area (TPSA) is 94.1 Å². The minimum atomic E-state index is -1.03. The number of aromatic nitrogens is 2. The fourth-order valence-corrected chi connectivity index (χ4v) is 4.64. The van der Waals surface area contributed by atoms with Crippen LogP contribution in [-0.2, 0) is 14.3 Å². The van der Waals surface area contributed by atoms with Crippen molar-refractivity contribution in [3.63, 3.8) is 0 Å². The van der Waals surface area contributed by atoms with E-state index in [0.29, 0.717) is 49.1 Å². The Morgan fingerprint density at radius 3 is 2.58 bits per heavy atom. The smallest absolute Gasteiger partial charge is 0.274 e. The summed E-state index contributed by atoms with van der Waals surface area (Å²) in [6.07, 6.45) is 1.56. The summed E-state index contributed by atoms with van der Waals surface area (Å²) in [5.74, 6) is 0.239. The Balaban J connectivity index is 1.37. The maximum absolute atomic E-state index is 13.4. The van der Waals surface area contributed by atoms with E-state index in [1.54, 1.807) is 34.1 Å². The Labute approximate surface area is 213 Å². The molecule has 0 radical (unpaired) electrons. The van der Waals surface area contributed by atoms with Gasteiger partial charge in [-0.2, -0.15) is 0 Å². The second-order valence-electron chi connectivity index (χ2n) is 8.92. The van der Waals surface area contributed by atoms with E-state index in [0.717, 1.165) is 5.52 Å². The first-order valence-corrected chi connectivity index (χ1v) is 12.3. The lowest BCUT2D eigenvalue weighted by Crippen LogP contribution is -2.58. The number of carbonyl (C=O) groups is 2. The van der Waals surface area contributed by atoms with Gasteiger partial charge >= 0.3 is 0 Å². The molecule has 2 saturated heterocycles. The third kappa shape index (κ3) is 5.59. The van der Waals surface area contributed by atoms with E-state index < -0.39 is 5.60 Å². The Morgan fingerprint density at radius 1 is 1.00 bits per heavy atom. The molecule has 0 unspecified atom stereocenters. The monoisotopic (exact) mass is 510 g/mol. The summed E-state index contributed by atoms with van der Waals surface area (Å²) >= 11 is 6.11. The van der Waals surface area contributed by atoms with Gasteiger partial charge in [0.1, 0.15) is 23.7 Å². The first kappa shape index (κ1) is 24.4. The fraction of sp³-hybridized carbons (Fsp3) is 0.385. The number of morpholine rings is 2. The number of ether oxygens (including phenoxy) is 3. The Bertz CT molecular complexity index is 1250. The molecule has 1 aromatic heterocycles. The molecule has 3 aromatic rings. The lowest BCUT2D eigenvalue weighted by molar-refractivity contribution is -0.155. The van der Waals surface area contributed by atoms with Gasteiger partial charge in [0.25, 0.3) is 5.91 Å². The molecule has 9 nitrogen and oxygen atoms in total. The van der Waals surface area contributed by atoms with Crippen LogP contribution in [0.3, 0.4) is 0 Å². The van der Waals surface area contributed by atoms with Gasteiger partial charge in [-0.1, -0.05) is 29.8 Å². The molecule has 0 saturated carbocycles. The summed E-state index contributed by atoms with van der Waals surface area (Å²) in [4.78, 5) is 39.0. The zero-order valence-corrected chi connectivity index (χ0v) is 20.5. The quantitative estimate of drug-likeness (QED) is 0.503. The molecule has 2 aromatic carbocycles. The largest absolute Gasteiger partial charge is 0.490 e. The van der Waals surface area contributed by atoms with Crippen LogP contribution < -0.4 is 4.74 Å². The SMILES string of the molecule is O=C(C[C@@]1(COc2cccc(Cl)c2)CN(C(=O)c2cnc3ccccc3n2)CCO1)N1CCOCC1. The van der Waals surface area contributed by atoms with Crippen LogP contribution in [0, 0.1) is 0 Å². The maximum atomic E-state index is 13.4. The van der Waals surface area contributed by atoms with Gasteiger partial charge < -0.3 is 24.0 Å². The second-order valence-corrected chi connectivity index (χ2v) is 9.35. The highest BCUT2D eigenvalue weighted by molar-refractivity contribution is 6.30. The Kier molecular flexibility index (Phi) is 7.31. The van der Waals surface area contributed by atoms with Crippen LogP contribution >= 0.6 is 11.6 Å². The van der Waals surface area contributed by atoms with E-state index in [1.807, 2.05) is 24.3 Å².